The fourth-order valence-corrected chi connectivity index (χ4v) is 3.13. The van der Waals surface area contributed by atoms with Crippen LogP contribution in [-0.2, 0) is 0 Å². The molecule has 0 aliphatic carbocycles. The van der Waals surface area contributed by atoms with Crippen LogP contribution in [0.2, 0.25) is 0 Å². The van der Waals surface area contributed by atoms with Gasteiger partial charge in [0.05, 0.1) is 18.3 Å². The van der Waals surface area contributed by atoms with Crippen LogP contribution in [0, 0.1) is 6.92 Å². The summed E-state index contributed by atoms with van der Waals surface area (Å²) in [5.41, 5.74) is 2.41. The van der Waals surface area contributed by atoms with E-state index in [1.165, 1.54) is 0 Å². The third-order valence-corrected chi connectivity index (χ3v) is 4.75. The molecule has 2 heterocycles. The minimum Gasteiger partial charge on any atom is -0.495 e. The largest absolute Gasteiger partial charge is 0.495 e. The quantitative estimate of drug-likeness (QED) is 0.662. The molecule has 2 amide bonds. The zero-order chi connectivity index (χ0) is 21.0. The maximum absolute atomic E-state index is 13.0. The lowest BCUT2D eigenvalue weighted by Crippen LogP contribution is -2.28. The van der Waals surface area contributed by atoms with Crippen LogP contribution in [0.5, 0.6) is 5.75 Å². The topological polar surface area (TPSA) is 75.9 Å². The molecule has 152 valence electrons. The lowest BCUT2D eigenvalue weighted by molar-refractivity contribution is 0.0790. The molecule has 3 aromatic rings. The van der Waals surface area contributed by atoms with Crippen molar-refractivity contribution in [3.05, 3.63) is 59.7 Å². The minimum atomic E-state index is -0.412. The van der Waals surface area contributed by atoms with Gasteiger partial charge in [0.15, 0.2) is 5.69 Å². The van der Waals surface area contributed by atoms with Crippen molar-refractivity contribution in [1.82, 2.24) is 14.3 Å². The maximum Gasteiger partial charge on any atom is 0.292 e. The Bertz CT molecular complexity index is 1040. The number of methoxy groups -OCH3 is 1. The van der Waals surface area contributed by atoms with Crippen molar-refractivity contribution in [3.8, 4) is 5.75 Å². The third kappa shape index (κ3) is 4.23. The van der Waals surface area contributed by atoms with E-state index in [4.69, 9.17) is 4.74 Å². The molecule has 0 bridgehead atoms. The molecule has 0 saturated heterocycles. The van der Waals surface area contributed by atoms with Crippen molar-refractivity contribution < 1.29 is 14.3 Å². The highest BCUT2D eigenvalue weighted by atomic mass is 16.5. The van der Waals surface area contributed by atoms with Gasteiger partial charge in [-0.05, 0) is 43.2 Å². The van der Waals surface area contributed by atoms with Crippen LogP contribution < -0.4 is 10.1 Å². The van der Waals surface area contributed by atoms with E-state index in [2.05, 4.69) is 17.2 Å². The van der Waals surface area contributed by atoms with E-state index in [-0.39, 0.29) is 17.4 Å². The number of hydrogen-bond donors (Lipinski definition) is 1. The second-order valence-electron chi connectivity index (χ2n) is 6.98. The summed E-state index contributed by atoms with van der Waals surface area (Å²) in [6.07, 6.45) is 3.63. The number of aromatic nitrogens is 2. The molecule has 0 saturated carbocycles. The SMILES string of the molecule is CCCCN(C)C(=O)c1nc(C(=O)Nc2cc(C)ccc2OC)n2ccccc12. The van der Waals surface area contributed by atoms with Gasteiger partial charge in [0.1, 0.15) is 5.75 Å². The molecule has 29 heavy (non-hydrogen) atoms. The van der Waals surface area contributed by atoms with Gasteiger partial charge in [0.25, 0.3) is 11.8 Å². The van der Waals surface area contributed by atoms with E-state index in [9.17, 15) is 9.59 Å². The molecule has 0 spiro atoms. The van der Waals surface area contributed by atoms with Crippen molar-refractivity contribution in [3.63, 3.8) is 0 Å². The highest BCUT2D eigenvalue weighted by molar-refractivity contribution is 6.06. The summed E-state index contributed by atoms with van der Waals surface area (Å²) in [6.45, 7) is 4.65. The van der Waals surface area contributed by atoms with Gasteiger partial charge in [-0.2, -0.15) is 0 Å². The predicted molar refractivity (Wildman–Crippen MR) is 113 cm³/mol. The number of anilines is 1. The van der Waals surface area contributed by atoms with Gasteiger partial charge in [-0.1, -0.05) is 25.5 Å². The molecule has 0 fully saturated rings. The molecule has 0 aliphatic rings. The number of fused-ring (bicyclic) bond motifs is 1. The van der Waals surface area contributed by atoms with Crippen LogP contribution in [0.25, 0.3) is 5.52 Å². The van der Waals surface area contributed by atoms with E-state index < -0.39 is 5.91 Å². The van der Waals surface area contributed by atoms with Crippen LogP contribution in [0.3, 0.4) is 0 Å². The Morgan fingerprint density at radius 1 is 1.24 bits per heavy atom. The fraction of sp³-hybridized carbons (Fsp3) is 0.318. The number of benzene rings is 1. The van der Waals surface area contributed by atoms with E-state index in [0.717, 1.165) is 18.4 Å². The summed E-state index contributed by atoms with van der Waals surface area (Å²) in [7, 11) is 3.30. The molecule has 3 rings (SSSR count). The van der Waals surface area contributed by atoms with Crippen molar-refractivity contribution >= 4 is 23.0 Å². The second kappa shape index (κ2) is 8.77. The third-order valence-electron chi connectivity index (χ3n) is 4.75. The summed E-state index contributed by atoms with van der Waals surface area (Å²) in [4.78, 5) is 32.0. The number of hydrogen-bond acceptors (Lipinski definition) is 4. The number of rotatable bonds is 7. The Morgan fingerprint density at radius 3 is 2.76 bits per heavy atom. The number of carbonyl (C=O) groups is 2. The molecular formula is C22H26N4O3. The number of ether oxygens (including phenoxy) is 1. The molecule has 0 aliphatic heterocycles. The summed E-state index contributed by atoms with van der Waals surface area (Å²) in [5, 5.41) is 2.85. The molecule has 2 aromatic heterocycles. The number of carbonyl (C=O) groups excluding carboxylic acids is 2. The van der Waals surface area contributed by atoms with Crippen LogP contribution in [0.15, 0.2) is 42.6 Å². The molecule has 0 radical (unpaired) electrons. The highest BCUT2D eigenvalue weighted by Crippen LogP contribution is 2.26. The Hall–Kier alpha value is -3.35. The number of nitrogens with one attached hydrogen (secondary N) is 1. The summed E-state index contributed by atoms with van der Waals surface area (Å²) < 4.78 is 6.97. The summed E-state index contributed by atoms with van der Waals surface area (Å²) in [6, 6.07) is 10.9. The minimum absolute atomic E-state index is 0.149. The van der Waals surface area contributed by atoms with Gasteiger partial charge >= 0.3 is 0 Å². The van der Waals surface area contributed by atoms with Gasteiger partial charge in [-0.25, -0.2) is 4.98 Å². The van der Waals surface area contributed by atoms with Crippen molar-refractivity contribution in [2.45, 2.75) is 26.7 Å². The number of pyridine rings is 1. The van der Waals surface area contributed by atoms with Gasteiger partial charge in [-0.15, -0.1) is 0 Å². The van der Waals surface area contributed by atoms with E-state index in [1.807, 2.05) is 25.1 Å². The van der Waals surface area contributed by atoms with Gasteiger partial charge < -0.3 is 15.0 Å². The zero-order valence-corrected chi connectivity index (χ0v) is 17.2. The first-order chi connectivity index (χ1) is 14.0. The van der Waals surface area contributed by atoms with Gasteiger partial charge in [0, 0.05) is 19.8 Å². The van der Waals surface area contributed by atoms with E-state index in [1.54, 1.807) is 47.9 Å². The molecule has 7 nitrogen and oxygen atoms in total. The Kier molecular flexibility index (Phi) is 6.16. The monoisotopic (exact) mass is 394 g/mol. The normalized spacial score (nSPS) is 10.8. The first-order valence-electron chi connectivity index (χ1n) is 9.64. The molecule has 0 atom stereocenters. The van der Waals surface area contributed by atoms with E-state index in [0.29, 0.717) is 23.5 Å². The Morgan fingerprint density at radius 2 is 2.03 bits per heavy atom. The molecule has 7 heteroatoms. The van der Waals surface area contributed by atoms with Crippen LogP contribution >= 0.6 is 0 Å². The van der Waals surface area contributed by atoms with Crippen LogP contribution in [-0.4, -0.2) is 46.8 Å². The Balaban J connectivity index is 1.97. The van der Waals surface area contributed by atoms with Crippen LogP contribution in [0.4, 0.5) is 5.69 Å². The zero-order valence-electron chi connectivity index (χ0n) is 17.2. The Labute approximate surface area is 170 Å². The molecule has 1 N–H and O–H groups in total. The number of imidazole rings is 1. The average molecular weight is 394 g/mol. The lowest BCUT2D eigenvalue weighted by atomic mass is 10.2. The number of nitrogens with zero attached hydrogens (tertiary/aromatic N) is 3. The molecule has 1 aromatic carbocycles. The number of aryl methyl sites for hydroxylation is 1. The van der Waals surface area contributed by atoms with E-state index >= 15 is 0 Å². The summed E-state index contributed by atoms with van der Waals surface area (Å²) in [5.74, 6) is 0.0940. The van der Waals surface area contributed by atoms with Gasteiger partial charge in [0.2, 0.25) is 5.82 Å². The summed E-state index contributed by atoms with van der Waals surface area (Å²) >= 11 is 0. The van der Waals surface area contributed by atoms with Crippen molar-refractivity contribution in [1.29, 1.82) is 0 Å². The smallest absolute Gasteiger partial charge is 0.292 e. The lowest BCUT2D eigenvalue weighted by Gasteiger charge is -2.15. The van der Waals surface area contributed by atoms with Gasteiger partial charge in [-0.3, -0.25) is 14.0 Å². The number of amides is 2. The standard InChI is InChI=1S/C22H26N4O3/c1-5-6-12-25(3)22(28)19-17-9-7-8-13-26(17)20(24-19)21(27)23-16-14-15(2)10-11-18(16)29-4/h7-11,13-14H,5-6,12H2,1-4H3,(H,23,27). The fourth-order valence-electron chi connectivity index (χ4n) is 3.13. The first kappa shape index (κ1) is 20.4. The van der Waals surface area contributed by atoms with Crippen molar-refractivity contribution in [2.24, 2.45) is 0 Å². The predicted octanol–water partition coefficient (Wildman–Crippen LogP) is 3.78. The molecule has 0 unspecified atom stereocenters. The molecular weight excluding hydrogens is 368 g/mol. The van der Waals surface area contributed by atoms with Crippen LogP contribution in [0.1, 0.15) is 46.4 Å². The second-order valence-corrected chi connectivity index (χ2v) is 6.98. The first-order valence-corrected chi connectivity index (χ1v) is 9.64. The maximum atomic E-state index is 13.0. The average Bonchev–Trinajstić information content (AvgIpc) is 3.11. The number of unbranched alkanes of at least 4 members (excludes halogenated alkanes) is 1. The van der Waals surface area contributed by atoms with Crippen molar-refractivity contribution in [2.75, 3.05) is 26.0 Å². The highest BCUT2D eigenvalue weighted by Gasteiger charge is 2.24.